The number of carbonyl (C=O) groups excluding carboxylic acids is 3. The normalized spacial score (nSPS) is 13.4. The summed E-state index contributed by atoms with van der Waals surface area (Å²) in [5, 5.41) is 4.15. The number of hydrogen-bond acceptors (Lipinski definition) is 6. The van der Waals surface area contributed by atoms with Gasteiger partial charge in [-0.2, -0.15) is 0 Å². The highest BCUT2D eigenvalue weighted by atomic mass is 32.2. The molecule has 35 heavy (non-hydrogen) atoms. The number of methoxy groups -OCH3 is 1. The molecule has 0 aromatic heterocycles. The lowest BCUT2D eigenvalue weighted by Gasteiger charge is -2.27. The van der Waals surface area contributed by atoms with Crippen LogP contribution in [0.5, 0.6) is 5.75 Å². The van der Waals surface area contributed by atoms with E-state index in [9.17, 15) is 22.8 Å². The van der Waals surface area contributed by atoms with Crippen LogP contribution in [0, 0.1) is 0 Å². The van der Waals surface area contributed by atoms with E-state index in [1.165, 1.54) is 39.4 Å². The fourth-order valence-corrected chi connectivity index (χ4v) is 4.98. The highest BCUT2D eigenvalue weighted by molar-refractivity contribution is 7.89. The third-order valence-corrected chi connectivity index (χ3v) is 7.68. The lowest BCUT2D eigenvalue weighted by atomic mass is 9.94. The van der Waals surface area contributed by atoms with Crippen molar-refractivity contribution < 1.29 is 27.5 Å². The number of carbonyl (C=O) groups is 3. The number of imide groups is 1. The second-order valence-electron chi connectivity index (χ2n) is 8.27. The lowest BCUT2D eigenvalue weighted by Crippen LogP contribution is -2.41. The number of nitrogens with zero attached hydrogens (tertiary/aromatic N) is 2. The van der Waals surface area contributed by atoms with Gasteiger partial charge in [0, 0.05) is 43.6 Å². The van der Waals surface area contributed by atoms with Crippen LogP contribution < -0.4 is 10.1 Å². The standard InChI is InChI=1S/C25H25N3O6S/c1-27(2)35(32,33)17-12-13-21(34-3)20(15-17)26-22(29)11-6-14-28-24(30)18-9-4-7-16-8-5-10-19(23(16)18)25(28)31/h4-5,7-10,12-13,15H,6,11,14H2,1-3H3,(H,26,29). The van der Waals surface area contributed by atoms with Crippen LogP contribution in [0.2, 0.25) is 0 Å². The second-order valence-corrected chi connectivity index (χ2v) is 10.4. The van der Waals surface area contributed by atoms with Gasteiger partial charge in [-0.05, 0) is 42.1 Å². The third kappa shape index (κ3) is 4.50. The molecule has 0 aliphatic carbocycles. The maximum Gasteiger partial charge on any atom is 0.261 e. The Kier molecular flexibility index (Phi) is 6.60. The summed E-state index contributed by atoms with van der Waals surface area (Å²) >= 11 is 0. The average Bonchev–Trinajstić information content (AvgIpc) is 2.84. The van der Waals surface area contributed by atoms with E-state index in [1.54, 1.807) is 24.3 Å². The molecule has 0 radical (unpaired) electrons. The number of sulfonamides is 1. The molecule has 1 heterocycles. The zero-order valence-electron chi connectivity index (χ0n) is 19.6. The van der Waals surface area contributed by atoms with Crippen molar-refractivity contribution in [2.75, 3.05) is 33.1 Å². The molecular formula is C25H25N3O6S. The molecule has 1 N–H and O–H groups in total. The summed E-state index contributed by atoms with van der Waals surface area (Å²) in [7, 11) is 0.547. The summed E-state index contributed by atoms with van der Waals surface area (Å²) in [6.45, 7) is 0.0714. The molecular weight excluding hydrogens is 470 g/mol. The Labute approximate surface area is 203 Å². The molecule has 1 aliphatic heterocycles. The summed E-state index contributed by atoms with van der Waals surface area (Å²) < 4.78 is 31.2. The number of anilines is 1. The van der Waals surface area contributed by atoms with Crippen LogP contribution in [0.25, 0.3) is 10.8 Å². The highest BCUT2D eigenvalue weighted by Gasteiger charge is 2.32. The van der Waals surface area contributed by atoms with Crippen LogP contribution in [0.4, 0.5) is 5.69 Å². The zero-order chi connectivity index (χ0) is 25.3. The molecule has 0 saturated carbocycles. The Morgan fingerprint density at radius 2 is 1.63 bits per heavy atom. The molecule has 0 bridgehead atoms. The van der Waals surface area contributed by atoms with E-state index in [-0.39, 0.29) is 41.8 Å². The number of benzene rings is 3. The second kappa shape index (κ2) is 9.47. The summed E-state index contributed by atoms with van der Waals surface area (Å²) in [5.41, 5.74) is 1.14. The van der Waals surface area contributed by atoms with Crippen molar-refractivity contribution in [2.24, 2.45) is 0 Å². The molecule has 0 fully saturated rings. The van der Waals surface area contributed by atoms with Crippen molar-refractivity contribution in [1.29, 1.82) is 0 Å². The predicted molar refractivity (Wildman–Crippen MR) is 131 cm³/mol. The van der Waals surface area contributed by atoms with Gasteiger partial charge < -0.3 is 10.1 Å². The summed E-state index contributed by atoms with van der Waals surface area (Å²) in [4.78, 5) is 39.7. The van der Waals surface area contributed by atoms with E-state index in [0.717, 1.165) is 14.6 Å². The largest absolute Gasteiger partial charge is 0.495 e. The molecule has 1 aliphatic rings. The topological polar surface area (TPSA) is 113 Å². The van der Waals surface area contributed by atoms with Crippen molar-refractivity contribution in [3.05, 3.63) is 65.7 Å². The molecule has 3 aromatic carbocycles. The van der Waals surface area contributed by atoms with Crippen LogP contribution in [0.1, 0.15) is 33.6 Å². The number of ether oxygens (including phenoxy) is 1. The minimum Gasteiger partial charge on any atom is -0.495 e. The van der Waals surface area contributed by atoms with E-state index in [0.29, 0.717) is 22.3 Å². The SMILES string of the molecule is COc1ccc(S(=O)(=O)N(C)C)cc1NC(=O)CCCN1C(=O)c2cccc3cccc(c23)C1=O. The van der Waals surface area contributed by atoms with Gasteiger partial charge >= 0.3 is 0 Å². The van der Waals surface area contributed by atoms with Gasteiger partial charge in [0.25, 0.3) is 11.8 Å². The van der Waals surface area contributed by atoms with E-state index < -0.39 is 15.9 Å². The van der Waals surface area contributed by atoms with Gasteiger partial charge in [-0.15, -0.1) is 0 Å². The van der Waals surface area contributed by atoms with Crippen molar-refractivity contribution >= 4 is 44.2 Å². The molecule has 10 heteroatoms. The van der Waals surface area contributed by atoms with Gasteiger partial charge in [0.1, 0.15) is 5.75 Å². The van der Waals surface area contributed by atoms with Crippen LogP contribution in [0.3, 0.4) is 0 Å². The number of rotatable bonds is 8. The van der Waals surface area contributed by atoms with Gasteiger partial charge in [-0.25, -0.2) is 12.7 Å². The first-order chi connectivity index (χ1) is 16.6. The Hall–Kier alpha value is -3.76. The fraction of sp³-hybridized carbons (Fsp3) is 0.240. The van der Waals surface area contributed by atoms with Crippen molar-refractivity contribution in [1.82, 2.24) is 9.21 Å². The van der Waals surface area contributed by atoms with Crippen molar-refractivity contribution in [3.8, 4) is 5.75 Å². The van der Waals surface area contributed by atoms with Crippen LogP contribution >= 0.6 is 0 Å². The number of amides is 3. The smallest absolute Gasteiger partial charge is 0.261 e. The molecule has 0 atom stereocenters. The van der Waals surface area contributed by atoms with E-state index in [1.807, 2.05) is 12.1 Å². The zero-order valence-corrected chi connectivity index (χ0v) is 20.4. The van der Waals surface area contributed by atoms with E-state index in [2.05, 4.69) is 5.32 Å². The van der Waals surface area contributed by atoms with Gasteiger partial charge in [0.05, 0.1) is 17.7 Å². The van der Waals surface area contributed by atoms with Gasteiger partial charge in [-0.1, -0.05) is 24.3 Å². The van der Waals surface area contributed by atoms with Gasteiger partial charge in [0.2, 0.25) is 15.9 Å². The predicted octanol–water partition coefficient (Wildman–Crippen LogP) is 3.11. The Morgan fingerprint density at radius 3 is 2.20 bits per heavy atom. The maximum absolute atomic E-state index is 13.0. The van der Waals surface area contributed by atoms with Crippen LogP contribution in [0.15, 0.2) is 59.5 Å². The molecule has 0 saturated heterocycles. The molecule has 9 nitrogen and oxygen atoms in total. The Morgan fingerprint density at radius 1 is 1.00 bits per heavy atom. The maximum atomic E-state index is 13.0. The molecule has 0 unspecified atom stereocenters. The highest BCUT2D eigenvalue weighted by Crippen LogP contribution is 2.31. The molecule has 3 amide bonds. The van der Waals surface area contributed by atoms with Crippen molar-refractivity contribution in [2.45, 2.75) is 17.7 Å². The first kappa shape index (κ1) is 24.4. The Balaban J connectivity index is 1.45. The molecule has 182 valence electrons. The van der Waals surface area contributed by atoms with Crippen molar-refractivity contribution in [3.63, 3.8) is 0 Å². The first-order valence-corrected chi connectivity index (χ1v) is 12.4. The summed E-state index contributed by atoms with van der Waals surface area (Å²) in [6, 6.07) is 14.9. The third-order valence-electron chi connectivity index (χ3n) is 5.86. The fourth-order valence-electron chi connectivity index (χ4n) is 4.05. The molecule has 0 spiro atoms. The number of nitrogens with one attached hydrogen (secondary N) is 1. The van der Waals surface area contributed by atoms with E-state index >= 15 is 0 Å². The van der Waals surface area contributed by atoms with E-state index in [4.69, 9.17) is 4.74 Å². The average molecular weight is 496 g/mol. The molecule has 4 rings (SSSR count). The van der Waals surface area contributed by atoms with Gasteiger partial charge in [-0.3, -0.25) is 19.3 Å². The summed E-state index contributed by atoms with van der Waals surface area (Å²) in [5.74, 6) is -0.866. The number of hydrogen-bond donors (Lipinski definition) is 1. The minimum atomic E-state index is -3.70. The van der Waals surface area contributed by atoms with Crippen LogP contribution in [-0.2, 0) is 14.8 Å². The van der Waals surface area contributed by atoms with Gasteiger partial charge in [0.15, 0.2) is 0 Å². The quantitative estimate of drug-likeness (QED) is 0.481. The lowest BCUT2D eigenvalue weighted by molar-refractivity contribution is -0.116. The minimum absolute atomic E-state index is 0.0101. The van der Waals surface area contributed by atoms with Crippen LogP contribution in [-0.4, -0.2) is 63.1 Å². The monoisotopic (exact) mass is 495 g/mol. The Bertz CT molecular complexity index is 1400. The molecule has 3 aromatic rings. The first-order valence-electron chi connectivity index (χ1n) is 10.9. The summed E-state index contributed by atoms with van der Waals surface area (Å²) in [6.07, 6.45) is 0.246.